The van der Waals surface area contributed by atoms with Crippen molar-refractivity contribution in [3.63, 3.8) is 0 Å². The van der Waals surface area contributed by atoms with E-state index in [1.165, 1.54) is 12.1 Å². The Hall–Kier alpha value is -1.62. The van der Waals surface area contributed by atoms with Crippen molar-refractivity contribution < 1.29 is 14.0 Å². The number of hydrogen-bond donors (Lipinski definition) is 1. The van der Waals surface area contributed by atoms with E-state index < -0.39 is 11.7 Å². The van der Waals surface area contributed by atoms with Gasteiger partial charge in [-0.15, -0.1) is 0 Å². The lowest BCUT2D eigenvalue weighted by atomic mass is 10.1. The van der Waals surface area contributed by atoms with Crippen molar-refractivity contribution in [2.75, 3.05) is 11.9 Å². The zero-order valence-electron chi connectivity index (χ0n) is 10.7. The van der Waals surface area contributed by atoms with Gasteiger partial charge in [-0.25, -0.2) is 4.39 Å². The monoisotopic (exact) mass is 296 g/mol. The van der Waals surface area contributed by atoms with Gasteiger partial charge in [-0.2, -0.15) is 0 Å². The van der Waals surface area contributed by atoms with Crippen LogP contribution < -0.4 is 5.32 Å². The molecule has 0 spiro atoms. The van der Waals surface area contributed by atoms with E-state index in [-0.39, 0.29) is 28.9 Å². The first kappa shape index (κ1) is 13.4. The summed E-state index contributed by atoms with van der Waals surface area (Å²) in [4.78, 5) is 25.7. The molecule has 1 N–H and O–H groups in total. The van der Waals surface area contributed by atoms with Crippen molar-refractivity contribution in [3.8, 4) is 0 Å². The van der Waals surface area contributed by atoms with Gasteiger partial charge in [0.15, 0.2) is 0 Å². The molecule has 1 saturated carbocycles. The standard InChI is InChI=1S/C14H14ClFN2O2/c15-9-1-4-12(11(16)6-9)17-14(20)8-5-13(19)18(7-8)10-2-3-10/h1,4,6,8,10H,2-3,5,7H2,(H,17,20). The number of amides is 2. The van der Waals surface area contributed by atoms with E-state index in [1.54, 1.807) is 4.90 Å². The second-order valence-corrected chi connectivity index (χ2v) is 5.73. The molecule has 1 saturated heterocycles. The van der Waals surface area contributed by atoms with Crippen molar-refractivity contribution in [3.05, 3.63) is 29.0 Å². The minimum absolute atomic E-state index is 0.0178. The summed E-state index contributed by atoms with van der Waals surface area (Å²) in [6.07, 6.45) is 2.25. The quantitative estimate of drug-likeness (QED) is 0.931. The largest absolute Gasteiger partial charge is 0.339 e. The van der Waals surface area contributed by atoms with Crippen LogP contribution in [0.1, 0.15) is 19.3 Å². The second-order valence-electron chi connectivity index (χ2n) is 5.29. The lowest BCUT2D eigenvalue weighted by molar-refractivity contribution is -0.128. The van der Waals surface area contributed by atoms with Gasteiger partial charge in [-0.3, -0.25) is 9.59 Å². The number of rotatable bonds is 3. The number of nitrogens with zero attached hydrogens (tertiary/aromatic N) is 1. The summed E-state index contributed by atoms with van der Waals surface area (Å²) in [6, 6.07) is 4.39. The van der Waals surface area contributed by atoms with Crippen LogP contribution in [0.3, 0.4) is 0 Å². The van der Waals surface area contributed by atoms with Gasteiger partial charge in [0.2, 0.25) is 11.8 Å². The van der Waals surface area contributed by atoms with Crippen LogP contribution in [0.5, 0.6) is 0 Å². The molecule has 0 aromatic heterocycles. The smallest absolute Gasteiger partial charge is 0.229 e. The van der Waals surface area contributed by atoms with Gasteiger partial charge in [-0.05, 0) is 31.0 Å². The van der Waals surface area contributed by atoms with Crippen molar-refractivity contribution in [2.45, 2.75) is 25.3 Å². The number of hydrogen-bond acceptors (Lipinski definition) is 2. The maximum atomic E-state index is 13.6. The second kappa shape index (κ2) is 5.05. The maximum Gasteiger partial charge on any atom is 0.229 e. The van der Waals surface area contributed by atoms with Crippen LogP contribution in [-0.4, -0.2) is 29.3 Å². The Morgan fingerprint density at radius 3 is 2.80 bits per heavy atom. The Morgan fingerprint density at radius 2 is 2.15 bits per heavy atom. The van der Waals surface area contributed by atoms with Gasteiger partial charge in [0.1, 0.15) is 5.82 Å². The molecule has 1 unspecified atom stereocenters. The predicted octanol–water partition coefficient (Wildman–Crippen LogP) is 2.43. The Morgan fingerprint density at radius 1 is 1.40 bits per heavy atom. The average Bonchev–Trinajstić information content (AvgIpc) is 3.16. The topological polar surface area (TPSA) is 49.4 Å². The maximum absolute atomic E-state index is 13.6. The number of carbonyl (C=O) groups excluding carboxylic acids is 2. The molecule has 1 aromatic carbocycles. The van der Waals surface area contributed by atoms with E-state index in [2.05, 4.69) is 5.32 Å². The lowest BCUT2D eigenvalue weighted by Crippen LogP contribution is -2.30. The number of halogens is 2. The Kier molecular flexibility index (Phi) is 3.38. The summed E-state index contributed by atoms with van der Waals surface area (Å²) in [5, 5.41) is 2.80. The molecule has 20 heavy (non-hydrogen) atoms. The van der Waals surface area contributed by atoms with Crippen LogP contribution in [0.15, 0.2) is 18.2 Å². The normalized spacial score (nSPS) is 22.2. The molecular weight excluding hydrogens is 283 g/mol. The van der Waals surface area contributed by atoms with Gasteiger partial charge in [0.25, 0.3) is 0 Å². The number of nitrogens with one attached hydrogen (secondary N) is 1. The molecule has 106 valence electrons. The highest BCUT2D eigenvalue weighted by Gasteiger charge is 2.41. The summed E-state index contributed by atoms with van der Waals surface area (Å²) in [5.74, 6) is -1.28. The van der Waals surface area contributed by atoms with Crippen LogP contribution in [0.25, 0.3) is 0 Å². The number of likely N-dealkylation sites (tertiary alicyclic amines) is 1. The summed E-state index contributed by atoms with van der Waals surface area (Å²) >= 11 is 5.66. The highest BCUT2D eigenvalue weighted by atomic mass is 35.5. The Balaban J connectivity index is 1.66. The molecule has 4 nitrogen and oxygen atoms in total. The van der Waals surface area contributed by atoms with Crippen molar-refractivity contribution in [2.24, 2.45) is 5.92 Å². The van der Waals surface area contributed by atoms with Gasteiger partial charge >= 0.3 is 0 Å². The van der Waals surface area contributed by atoms with Crippen LogP contribution in [-0.2, 0) is 9.59 Å². The summed E-state index contributed by atoms with van der Waals surface area (Å²) in [5.41, 5.74) is 0.0942. The molecule has 3 rings (SSSR count). The first-order valence-corrected chi connectivity index (χ1v) is 6.98. The molecule has 2 aliphatic rings. The summed E-state index contributed by atoms with van der Waals surface area (Å²) < 4.78 is 13.6. The lowest BCUT2D eigenvalue weighted by Gasteiger charge is -2.15. The van der Waals surface area contributed by atoms with Gasteiger partial charge < -0.3 is 10.2 Å². The van der Waals surface area contributed by atoms with E-state index in [0.29, 0.717) is 12.6 Å². The zero-order chi connectivity index (χ0) is 14.3. The highest BCUT2D eigenvalue weighted by molar-refractivity contribution is 6.30. The van der Waals surface area contributed by atoms with E-state index in [1.807, 2.05) is 0 Å². The molecule has 1 heterocycles. The number of anilines is 1. The van der Waals surface area contributed by atoms with E-state index in [9.17, 15) is 14.0 Å². The molecule has 1 aliphatic carbocycles. The molecular formula is C14H14ClFN2O2. The first-order chi connectivity index (χ1) is 9.54. The molecule has 0 radical (unpaired) electrons. The first-order valence-electron chi connectivity index (χ1n) is 6.60. The highest BCUT2D eigenvalue weighted by Crippen LogP contribution is 2.33. The zero-order valence-corrected chi connectivity index (χ0v) is 11.5. The van der Waals surface area contributed by atoms with Gasteiger partial charge in [-0.1, -0.05) is 11.6 Å². The van der Waals surface area contributed by atoms with Gasteiger partial charge in [0, 0.05) is 24.0 Å². The molecule has 2 fully saturated rings. The van der Waals surface area contributed by atoms with Crippen molar-refractivity contribution in [1.29, 1.82) is 0 Å². The van der Waals surface area contributed by atoms with E-state index >= 15 is 0 Å². The third-order valence-electron chi connectivity index (χ3n) is 3.71. The Bertz CT molecular complexity index is 574. The third-order valence-corrected chi connectivity index (χ3v) is 3.94. The van der Waals surface area contributed by atoms with Crippen LogP contribution >= 0.6 is 11.6 Å². The molecule has 0 bridgehead atoms. The van der Waals surface area contributed by atoms with Crippen molar-refractivity contribution in [1.82, 2.24) is 4.90 Å². The fourth-order valence-electron chi connectivity index (χ4n) is 2.47. The predicted molar refractivity (Wildman–Crippen MR) is 72.9 cm³/mol. The molecule has 6 heteroatoms. The minimum Gasteiger partial charge on any atom is -0.339 e. The SMILES string of the molecule is O=C(Nc1ccc(Cl)cc1F)C1CC(=O)N(C2CC2)C1. The number of benzene rings is 1. The summed E-state index contributed by atoms with van der Waals surface area (Å²) in [7, 11) is 0. The van der Waals surface area contributed by atoms with E-state index in [4.69, 9.17) is 11.6 Å². The molecule has 1 atom stereocenters. The van der Waals surface area contributed by atoms with Crippen molar-refractivity contribution >= 4 is 29.1 Å². The fourth-order valence-corrected chi connectivity index (χ4v) is 2.63. The molecule has 1 aromatic rings. The van der Waals surface area contributed by atoms with Crippen LogP contribution in [0.4, 0.5) is 10.1 Å². The third kappa shape index (κ3) is 2.63. The summed E-state index contributed by atoms with van der Waals surface area (Å²) in [6.45, 7) is 0.435. The minimum atomic E-state index is -0.575. The van der Waals surface area contributed by atoms with Gasteiger partial charge in [0.05, 0.1) is 11.6 Å². The van der Waals surface area contributed by atoms with Crippen LogP contribution in [0.2, 0.25) is 5.02 Å². The Labute approximate surface area is 120 Å². The average molecular weight is 297 g/mol. The molecule has 1 aliphatic heterocycles. The van der Waals surface area contributed by atoms with Crippen LogP contribution in [0, 0.1) is 11.7 Å². The number of carbonyl (C=O) groups is 2. The van der Waals surface area contributed by atoms with E-state index in [0.717, 1.165) is 18.9 Å². The fraction of sp³-hybridized carbons (Fsp3) is 0.429. The molecule has 2 amide bonds.